The Hall–Kier alpha value is -1.56. The number of hydrogen-bond donors (Lipinski definition) is 1. The quantitative estimate of drug-likeness (QED) is 0.666. The lowest BCUT2D eigenvalue weighted by molar-refractivity contribution is 0.529. The van der Waals surface area contributed by atoms with E-state index in [9.17, 15) is 0 Å². The molecule has 4 rings (SSSR count). The summed E-state index contributed by atoms with van der Waals surface area (Å²) in [5.74, 6) is 0.779. The van der Waals surface area contributed by atoms with Gasteiger partial charge in [-0.2, -0.15) is 0 Å². The van der Waals surface area contributed by atoms with Crippen molar-refractivity contribution >= 4 is 53.4 Å². The number of nitrogens with one attached hydrogen (secondary N) is 1. The molecule has 25 heavy (non-hydrogen) atoms. The fourth-order valence-corrected chi connectivity index (χ4v) is 3.34. The smallest absolute Gasteiger partial charge is 0.165 e. The second kappa shape index (κ2) is 8.70. The standard InChI is InChI=1S/C17H18ClN5.2ClH/c18-13-7-5-12(6-8-13)9-19-16-15-17(21-10-20-16)23(11-22-15)14-3-1-2-4-14;;/h5-8,10-11,14H,1-4,9H2,(H,19,20,21);2*1H. The highest BCUT2D eigenvalue weighted by Crippen LogP contribution is 2.32. The van der Waals surface area contributed by atoms with Crippen molar-refractivity contribution < 1.29 is 0 Å². The van der Waals surface area contributed by atoms with Crippen LogP contribution in [-0.2, 0) is 6.54 Å². The van der Waals surface area contributed by atoms with Gasteiger partial charge in [0.2, 0.25) is 0 Å². The number of hydrogen-bond acceptors (Lipinski definition) is 4. The summed E-state index contributed by atoms with van der Waals surface area (Å²) in [5, 5.41) is 4.10. The molecule has 0 unspecified atom stereocenters. The Kier molecular flexibility index (Phi) is 6.87. The third-order valence-electron chi connectivity index (χ3n) is 4.45. The molecular formula is C17H20Cl3N5. The van der Waals surface area contributed by atoms with E-state index >= 15 is 0 Å². The molecule has 1 aromatic carbocycles. The highest BCUT2D eigenvalue weighted by molar-refractivity contribution is 6.30. The van der Waals surface area contributed by atoms with Crippen molar-refractivity contribution in [2.24, 2.45) is 0 Å². The summed E-state index contributed by atoms with van der Waals surface area (Å²) in [6.07, 6.45) is 8.52. The lowest BCUT2D eigenvalue weighted by Crippen LogP contribution is -2.05. The zero-order chi connectivity index (χ0) is 15.6. The lowest BCUT2D eigenvalue weighted by Gasteiger charge is -2.11. The first kappa shape index (κ1) is 19.8. The summed E-state index contributed by atoms with van der Waals surface area (Å²) >= 11 is 5.92. The first-order valence-electron chi connectivity index (χ1n) is 7.97. The molecule has 5 nitrogen and oxygen atoms in total. The Labute approximate surface area is 164 Å². The Balaban J connectivity index is 0.00000113. The Morgan fingerprint density at radius 1 is 1.04 bits per heavy atom. The molecule has 2 heterocycles. The van der Waals surface area contributed by atoms with Crippen molar-refractivity contribution in [3.05, 3.63) is 47.5 Å². The van der Waals surface area contributed by atoms with Gasteiger partial charge in [-0.05, 0) is 30.5 Å². The van der Waals surface area contributed by atoms with E-state index in [1.807, 2.05) is 30.6 Å². The van der Waals surface area contributed by atoms with E-state index in [0.717, 1.165) is 27.6 Å². The van der Waals surface area contributed by atoms with Crippen LogP contribution in [0.5, 0.6) is 0 Å². The van der Waals surface area contributed by atoms with Gasteiger partial charge in [0.25, 0.3) is 0 Å². The molecule has 2 aromatic heterocycles. The number of halogens is 3. The molecule has 1 saturated carbocycles. The third kappa shape index (κ3) is 4.17. The van der Waals surface area contributed by atoms with E-state index in [0.29, 0.717) is 12.6 Å². The topological polar surface area (TPSA) is 55.6 Å². The largest absolute Gasteiger partial charge is 0.364 e. The van der Waals surface area contributed by atoms with Crippen LogP contribution < -0.4 is 5.32 Å². The number of nitrogens with zero attached hydrogens (tertiary/aromatic N) is 4. The number of imidazole rings is 1. The summed E-state index contributed by atoms with van der Waals surface area (Å²) in [5.41, 5.74) is 2.91. The SMILES string of the molecule is Cl.Cl.Clc1ccc(CNc2ncnc3c2ncn3C2CCCC2)cc1. The van der Waals surface area contributed by atoms with Crippen molar-refractivity contribution in [2.75, 3.05) is 5.32 Å². The predicted octanol–water partition coefficient (Wildman–Crippen LogP) is 5.05. The average Bonchev–Trinajstić information content (AvgIpc) is 3.23. The van der Waals surface area contributed by atoms with E-state index in [-0.39, 0.29) is 24.8 Å². The van der Waals surface area contributed by atoms with Crippen LogP contribution in [0.1, 0.15) is 37.3 Å². The molecule has 3 aromatic rings. The van der Waals surface area contributed by atoms with Crippen LogP contribution in [0.25, 0.3) is 11.2 Å². The minimum absolute atomic E-state index is 0. The Morgan fingerprint density at radius 2 is 1.76 bits per heavy atom. The second-order valence-electron chi connectivity index (χ2n) is 5.96. The highest BCUT2D eigenvalue weighted by Gasteiger charge is 2.20. The molecule has 1 aliphatic carbocycles. The van der Waals surface area contributed by atoms with Gasteiger partial charge in [-0.25, -0.2) is 15.0 Å². The predicted molar refractivity (Wildman–Crippen MR) is 106 cm³/mol. The number of fused-ring (bicyclic) bond motifs is 1. The van der Waals surface area contributed by atoms with Crippen molar-refractivity contribution in [3.8, 4) is 0 Å². The monoisotopic (exact) mass is 399 g/mol. The van der Waals surface area contributed by atoms with Gasteiger partial charge >= 0.3 is 0 Å². The Morgan fingerprint density at radius 3 is 2.48 bits per heavy atom. The first-order valence-corrected chi connectivity index (χ1v) is 8.35. The van der Waals surface area contributed by atoms with Gasteiger partial charge in [-0.15, -0.1) is 24.8 Å². The summed E-state index contributed by atoms with van der Waals surface area (Å²) in [6, 6.07) is 8.32. The number of benzene rings is 1. The van der Waals surface area contributed by atoms with Crippen molar-refractivity contribution in [2.45, 2.75) is 38.3 Å². The van der Waals surface area contributed by atoms with E-state index in [4.69, 9.17) is 11.6 Å². The molecule has 0 aliphatic heterocycles. The number of aromatic nitrogens is 4. The van der Waals surface area contributed by atoms with Crippen molar-refractivity contribution in [3.63, 3.8) is 0 Å². The second-order valence-corrected chi connectivity index (χ2v) is 6.40. The van der Waals surface area contributed by atoms with Crippen molar-refractivity contribution in [1.82, 2.24) is 19.5 Å². The van der Waals surface area contributed by atoms with Crippen LogP contribution in [0.3, 0.4) is 0 Å². The van der Waals surface area contributed by atoms with E-state index in [1.165, 1.54) is 25.7 Å². The maximum Gasteiger partial charge on any atom is 0.165 e. The van der Waals surface area contributed by atoms with Gasteiger partial charge < -0.3 is 9.88 Å². The van der Waals surface area contributed by atoms with Crippen LogP contribution in [0, 0.1) is 0 Å². The fraction of sp³-hybridized carbons (Fsp3) is 0.353. The summed E-state index contributed by atoms with van der Waals surface area (Å²) in [6.45, 7) is 0.680. The normalized spacial score (nSPS) is 14.1. The molecule has 8 heteroatoms. The lowest BCUT2D eigenvalue weighted by atomic mass is 10.2. The first-order chi connectivity index (χ1) is 11.3. The van der Waals surface area contributed by atoms with Crippen LogP contribution in [0.15, 0.2) is 36.9 Å². The molecule has 0 atom stereocenters. The van der Waals surface area contributed by atoms with E-state index < -0.39 is 0 Å². The van der Waals surface area contributed by atoms with E-state index in [1.54, 1.807) is 6.33 Å². The third-order valence-corrected chi connectivity index (χ3v) is 4.70. The number of anilines is 1. The van der Waals surface area contributed by atoms with Gasteiger partial charge in [0, 0.05) is 17.6 Å². The van der Waals surface area contributed by atoms with Gasteiger partial charge in [0.15, 0.2) is 11.5 Å². The van der Waals surface area contributed by atoms with Crippen molar-refractivity contribution in [1.29, 1.82) is 0 Å². The molecule has 1 aliphatic rings. The maximum absolute atomic E-state index is 5.92. The fourth-order valence-electron chi connectivity index (χ4n) is 3.22. The molecule has 1 fully saturated rings. The molecule has 134 valence electrons. The molecule has 1 N–H and O–H groups in total. The Bertz CT molecular complexity index is 813. The molecule has 0 radical (unpaired) electrons. The zero-order valence-electron chi connectivity index (χ0n) is 13.6. The zero-order valence-corrected chi connectivity index (χ0v) is 15.9. The van der Waals surface area contributed by atoms with Crippen LogP contribution in [0.2, 0.25) is 5.02 Å². The molecule has 0 saturated heterocycles. The molecule has 0 bridgehead atoms. The van der Waals surface area contributed by atoms with Crippen LogP contribution >= 0.6 is 36.4 Å². The highest BCUT2D eigenvalue weighted by atomic mass is 35.5. The van der Waals surface area contributed by atoms with Gasteiger partial charge in [-0.3, -0.25) is 0 Å². The average molecular weight is 401 g/mol. The van der Waals surface area contributed by atoms with Crippen LogP contribution in [-0.4, -0.2) is 19.5 Å². The summed E-state index contributed by atoms with van der Waals surface area (Å²) < 4.78 is 2.21. The number of rotatable bonds is 4. The molecule has 0 spiro atoms. The summed E-state index contributed by atoms with van der Waals surface area (Å²) in [7, 11) is 0. The van der Waals surface area contributed by atoms with Crippen LogP contribution in [0.4, 0.5) is 5.82 Å². The van der Waals surface area contributed by atoms with Gasteiger partial charge in [0.1, 0.15) is 11.8 Å². The molecular weight excluding hydrogens is 381 g/mol. The minimum Gasteiger partial charge on any atom is -0.364 e. The molecule has 0 amide bonds. The van der Waals surface area contributed by atoms with Gasteiger partial charge in [0.05, 0.1) is 6.33 Å². The summed E-state index contributed by atoms with van der Waals surface area (Å²) in [4.78, 5) is 13.3. The maximum atomic E-state index is 5.92. The minimum atomic E-state index is 0. The van der Waals surface area contributed by atoms with E-state index in [2.05, 4.69) is 24.8 Å². The van der Waals surface area contributed by atoms with Gasteiger partial charge in [-0.1, -0.05) is 36.6 Å².